The third-order valence-corrected chi connectivity index (χ3v) is 7.91. The van der Waals surface area contributed by atoms with Crippen LogP contribution in [0.25, 0.3) is 11.1 Å². The van der Waals surface area contributed by atoms with Gasteiger partial charge in [0.1, 0.15) is 0 Å². The van der Waals surface area contributed by atoms with Gasteiger partial charge in [0.25, 0.3) is 0 Å². The van der Waals surface area contributed by atoms with Gasteiger partial charge in [-0.2, -0.15) is 0 Å². The Kier molecular flexibility index (Phi) is 6.17. The minimum absolute atomic E-state index is 0.0242. The third-order valence-electron chi connectivity index (χ3n) is 7.91. The van der Waals surface area contributed by atoms with Gasteiger partial charge in [-0.05, 0) is 60.4 Å². The molecule has 4 nitrogen and oxygen atoms in total. The maximum atomic E-state index is 10.1. The summed E-state index contributed by atoms with van der Waals surface area (Å²) in [4.78, 5) is 0. The molecule has 4 heteroatoms. The molecule has 2 aliphatic rings. The van der Waals surface area contributed by atoms with Gasteiger partial charge in [0.2, 0.25) is 0 Å². The molecule has 0 saturated heterocycles. The molecule has 164 valence electrons. The van der Waals surface area contributed by atoms with Crippen LogP contribution >= 0.6 is 0 Å². The number of oxime groups is 2. The molecule has 0 amide bonds. The average Bonchev–Trinajstić information content (AvgIpc) is 3.42. The minimum Gasteiger partial charge on any atom is -0.411 e. The van der Waals surface area contributed by atoms with Crippen LogP contribution in [0.3, 0.4) is 0 Å². The lowest BCUT2D eigenvalue weighted by Crippen LogP contribution is -2.27. The highest BCUT2D eigenvalue weighted by Crippen LogP contribution is 2.52. The number of rotatable bonds is 7. The normalized spacial score (nSPS) is 19.3. The van der Waals surface area contributed by atoms with E-state index >= 15 is 0 Å². The summed E-state index contributed by atoms with van der Waals surface area (Å²) in [5.41, 5.74) is 7.42. The van der Waals surface area contributed by atoms with E-state index in [1.165, 1.54) is 47.9 Å². The van der Waals surface area contributed by atoms with Crippen molar-refractivity contribution in [2.45, 2.75) is 71.1 Å². The van der Waals surface area contributed by atoms with E-state index in [-0.39, 0.29) is 11.3 Å². The smallest absolute Gasteiger partial charge is 0.0956 e. The molecule has 0 spiro atoms. The Morgan fingerprint density at radius 1 is 0.968 bits per heavy atom. The van der Waals surface area contributed by atoms with Crippen molar-refractivity contribution in [2.75, 3.05) is 0 Å². The Morgan fingerprint density at radius 2 is 1.65 bits per heavy atom. The lowest BCUT2D eigenvalue weighted by molar-refractivity contribution is 0.309. The lowest BCUT2D eigenvalue weighted by atomic mass is 9.73. The first-order valence-electron chi connectivity index (χ1n) is 11.7. The first kappa shape index (κ1) is 21.6. The van der Waals surface area contributed by atoms with E-state index in [1.54, 1.807) is 0 Å². The molecule has 2 N–H and O–H groups in total. The molecule has 0 bridgehead atoms. The summed E-state index contributed by atoms with van der Waals surface area (Å²) in [7, 11) is 0. The minimum atomic E-state index is -0.183. The Balaban J connectivity index is 1.79. The summed E-state index contributed by atoms with van der Waals surface area (Å²) in [5, 5.41) is 26.9. The Bertz CT molecular complexity index is 998. The molecule has 0 aliphatic heterocycles. The van der Waals surface area contributed by atoms with Crippen LogP contribution in [0.15, 0.2) is 52.8 Å². The second-order valence-electron chi connectivity index (χ2n) is 9.26. The van der Waals surface area contributed by atoms with E-state index in [2.05, 4.69) is 66.6 Å². The van der Waals surface area contributed by atoms with Crippen LogP contribution < -0.4 is 0 Å². The molecule has 31 heavy (non-hydrogen) atoms. The Hall–Kier alpha value is -2.62. The van der Waals surface area contributed by atoms with Gasteiger partial charge in [-0.3, -0.25) is 0 Å². The second-order valence-corrected chi connectivity index (χ2v) is 9.26. The van der Waals surface area contributed by atoms with Crippen LogP contribution in [0.2, 0.25) is 0 Å². The SMILES string of the molecule is CCC1(CC)c2ccccc2-c2ccc(C(=NO)C(CC3CCCC3)C(C)=NO)cc21. The second kappa shape index (κ2) is 8.86. The fourth-order valence-corrected chi connectivity index (χ4v) is 6.08. The Morgan fingerprint density at radius 3 is 2.29 bits per heavy atom. The molecule has 1 atom stereocenters. The molecule has 0 radical (unpaired) electrons. The monoisotopic (exact) mass is 418 g/mol. The third kappa shape index (κ3) is 3.56. The summed E-state index contributed by atoms with van der Waals surface area (Å²) in [6.07, 6.45) is 7.80. The maximum absolute atomic E-state index is 10.1. The summed E-state index contributed by atoms with van der Waals surface area (Å²) in [5.74, 6) is 0.403. The van der Waals surface area contributed by atoms with Gasteiger partial charge in [0, 0.05) is 16.9 Å². The molecule has 1 saturated carbocycles. The number of nitrogens with zero attached hydrogens (tertiary/aromatic N) is 2. The molecule has 0 aromatic heterocycles. The van der Waals surface area contributed by atoms with Crippen molar-refractivity contribution >= 4 is 11.4 Å². The predicted molar refractivity (Wildman–Crippen MR) is 127 cm³/mol. The van der Waals surface area contributed by atoms with Crippen molar-refractivity contribution < 1.29 is 10.4 Å². The highest BCUT2D eigenvalue weighted by Gasteiger charge is 2.41. The van der Waals surface area contributed by atoms with Crippen molar-refractivity contribution in [3.63, 3.8) is 0 Å². The molecular formula is C27H34N2O2. The molecule has 2 aliphatic carbocycles. The Labute approximate surface area is 185 Å². The average molecular weight is 419 g/mol. The zero-order chi connectivity index (χ0) is 22.0. The zero-order valence-electron chi connectivity index (χ0n) is 18.9. The summed E-state index contributed by atoms with van der Waals surface area (Å²) < 4.78 is 0. The first-order chi connectivity index (χ1) is 15.1. The van der Waals surface area contributed by atoms with E-state index in [9.17, 15) is 10.4 Å². The fraction of sp³-hybridized carbons (Fsp3) is 0.481. The van der Waals surface area contributed by atoms with Gasteiger partial charge in [0.15, 0.2) is 0 Å². The van der Waals surface area contributed by atoms with Gasteiger partial charge in [-0.25, -0.2) is 0 Å². The number of benzene rings is 2. The van der Waals surface area contributed by atoms with Crippen LogP contribution in [0.1, 0.15) is 82.4 Å². The molecule has 4 rings (SSSR count). The highest BCUT2D eigenvalue weighted by molar-refractivity contribution is 6.14. The van der Waals surface area contributed by atoms with Gasteiger partial charge < -0.3 is 10.4 Å². The molecule has 1 fully saturated rings. The number of hydrogen-bond donors (Lipinski definition) is 2. The largest absolute Gasteiger partial charge is 0.411 e. The molecule has 0 heterocycles. The summed E-state index contributed by atoms with van der Waals surface area (Å²) in [6.45, 7) is 6.35. The van der Waals surface area contributed by atoms with Crippen molar-refractivity contribution in [3.05, 3.63) is 59.2 Å². The van der Waals surface area contributed by atoms with Crippen molar-refractivity contribution in [1.82, 2.24) is 0 Å². The number of fused-ring (bicyclic) bond motifs is 3. The number of hydrogen-bond acceptors (Lipinski definition) is 4. The molecule has 2 aromatic carbocycles. The van der Waals surface area contributed by atoms with Crippen LogP contribution in [-0.4, -0.2) is 21.8 Å². The van der Waals surface area contributed by atoms with Crippen LogP contribution in [0, 0.1) is 11.8 Å². The summed E-state index contributed by atoms with van der Waals surface area (Å²) in [6, 6.07) is 15.2. The van der Waals surface area contributed by atoms with Gasteiger partial charge >= 0.3 is 0 Å². The van der Waals surface area contributed by atoms with Crippen LogP contribution in [0.5, 0.6) is 0 Å². The van der Waals surface area contributed by atoms with E-state index in [0.717, 1.165) is 24.8 Å². The van der Waals surface area contributed by atoms with E-state index in [0.29, 0.717) is 17.3 Å². The molecular weight excluding hydrogens is 384 g/mol. The first-order valence-corrected chi connectivity index (χ1v) is 11.7. The van der Waals surface area contributed by atoms with E-state index in [4.69, 9.17) is 0 Å². The molecule has 1 unspecified atom stereocenters. The van der Waals surface area contributed by atoms with Crippen LogP contribution in [0.4, 0.5) is 0 Å². The van der Waals surface area contributed by atoms with Gasteiger partial charge in [-0.1, -0.05) is 86.2 Å². The lowest BCUT2D eigenvalue weighted by Gasteiger charge is -2.30. The maximum Gasteiger partial charge on any atom is 0.0956 e. The molecule has 2 aromatic rings. The van der Waals surface area contributed by atoms with Gasteiger partial charge in [-0.15, -0.1) is 0 Å². The quantitative estimate of drug-likeness (QED) is 0.289. The van der Waals surface area contributed by atoms with Crippen molar-refractivity contribution in [2.24, 2.45) is 22.1 Å². The fourth-order valence-electron chi connectivity index (χ4n) is 6.08. The van der Waals surface area contributed by atoms with Crippen LogP contribution in [-0.2, 0) is 5.41 Å². The van der Waals surface area contributed by atoms with Crippen molar-refractivity contribution in [3.8, 4) is 11.1 Å². The topological polar surface area (TPSA) is 65.2 Å². The van der Waals surface area contributed by atoms with E-state index in [1.807, 2.05) is 6.92 Å². The predicted octanol–water partition coefficient (Wildman–Crippen LogP) is 7.00. The highest BCUT2D eigenvalue weighted by atomic mass is 16.4. The zero-order valence-corrected chi connectivity index (χ0v) is 18.9. The standard InChI is InChI=1S/C27H34N2O2/c1-4-27(5-2)24-13-9-8-12-21(24)22-15-14-20(17-25(22)27)26(29-31)23(18(3)28-30)16-19-10-6-7-11-19/h8-9,12-15,17,19,23,30-31H,4-7,10-11,16H2,1-3H3. The van der Waals surface area contributed by atoms with Crippen molar-refractivity contribution in [1.29, 1.82) is 0 Å². The van der Waals surface area contributed by atoms with E-state index < -0.39 is 0 Å². The van der Waals surface area contributed by atoms with Gasteiger partial charge in [0.05, 0.1) is 11.4 Å². The summed E-state index contributed by atoms with van der Waals surface area (Å²) >= 11 is 0.